The van der Waals surface area contributed by atoms with E-state index in [4.69, 9.17) is 11.0 Å². The molecule has 2 aromatic rings. The van der Waals surface area contributed by atoms with Crippen molar-refractivity contribution in [3.05, 3.63) is 35.9 Å². The van der Waals surface area contributed by atoms with Crippen LogP contribution in [-0.2, 0) is 0 Å². The van der Waals surface area contributed by atoms with Crippen molar-refractivity contribution >= 4 is 11.4 Å². The molecule has 0 amide bonds. The van der Waals surface area contributed by atoms with Gasteiger partial charge in [0.1, 0.15) is 12.2 Å². The molecule has 86 valence electrons. The maximum absolute atomic E-state index is 8.82. The van der Waals surface area contributed by atoms with E-state index in [-0.39, 0.29) is 6.04 Å². The average Bonchev–Trinajstić information content (AvgIpc) is 2.85. The second kappa shape index (κ2) is 4.53. The predicted molar refractivity (Wildman–Crippen MR) is 64.0 cm³/mol. The Morgan fingerprint density at radius 3 is 3.00 bits per heavy atom. The third-order valence-electron chi connectivity index (χ3n) is 2.40. The lowest BCUT2D eigenvalue weighted by molar-refractivity contribution is 0.796. The van der Waals surface area contributed by atoms with Gasteiger partial charge in [-0.3, -0.25) is 5.10 Å². The van der Waals surface area contributed by atoms with Crippen LogP contribution in [0, 0.1) is 11.3 Å². The van der Waals surface area contributed by atoms with Gasteiger partial charge in [0.25, 0.3) is 0 Å². The second-order valence-corrected chi connectivity index (χ2v) is 3.65. The first-order chi connectivity index (χ1) is 8.20. The highest BCUT2D eigenvalue weighted by Gasteiger charge is 2.10. The molecular formula is C11H12N6. The highest BCUT2D eigenvalue weighted by molar-refractivity contribution is 5.68. The SMILES string of the molecule is CC(Nc1cc(C#N)ccc1N)c1ncn[nH]1. The quantitative estimate of drug-likeness (QED) is 0.689. The van der Waals surface area contributed by atoms with Gasteiger partial charge < -0.3 is 11.1 Å². The molecule has 17 heavy (non-hydrogen) atoms. The summed E-state index contributed by atoms with van der Waals surface area (Å²) in [5.41, 5.74) is 7.70. The van der Waals surface area contributed by atoms with Crippen LogP contribution in [0.15, 0.2) is 24.5 Å². The van der Waals surface area contributed by atoms with Gasteiger partial charge in [0, 0.05) is 0 Å². The number of aromatic nitrogens is 3. The number of nitrogens with zero attached hydrogens (tertiary/aromatic N) is 3. The zero-order chi connectivity index (χ0) is 12.3. The predicted octanol–water partition coefficient (Wildman–Crippen LogP) is 1.43. The van der Waals surface area contributed by atoms with Crippen molar-refractivity contribution in [1.82, 2.24) is 15.2 Å². The minimum atomic E-state index is -0.0613. The standard InChI is InChI=1S/C11H12N6/c1-7(11-14-6-15-17-11)16-10-4-8(5-12)2-3-9(10)13/h2-4,6-7,16H,13H2,1H3,(H,14,15,17). The zero-order valence-corrected chi connectivity index (χ0v) is 9.31. The van der Waals surface area contributed by atoms with E-state index >= 15 is 0 Å². The summed E-state index contributed by atoms with van der Waals surface area (Å²) in [6.45, 7) is 1.93. The molecule has 1 heterocycles. The molecule has 0 bridgehead atoms. The summed E-state index contributed by atoms with van der Waals surface area (Å²) < 4.78 is 0. The van der Waals surface area contributed by atoms with Gasteiger partial charge in [-0.25, -0.2) is 4.98 Å². The van der Waals surface area contributed by atoms with Crippen molar-refractivity contribution in [2.45, 2.75) is 13.0 Å². The molecule has 6 heteroatoms. The van der Waals surface area contributed by atoms with Crippen molar-refractivity contribution in [2.75, 3.05) is 11.1 Å². The lowest BCUT2D eigenvalue weighted by Gasteiger charge is -2.14. The van der Waals surface area contributed by atoms with E-state index in [1.54, 1.807) is 18.2 Å². The zero-order valence-electron chi connectivity index (χ0n) is 9.31. The first-order valence-electron chi connectivity index (χ1n) is 5.12. The maximum atomic E-state index is 8.82. The van der Waals surface area contributed by atoms with Crippen molar-refractivity contribution in [3.63, 3.8) is 0 Å². The number of aromatic amines is 1. The summed E-state index contributed by atoms with van der Waals surface area (Å²) in [6, 6.07) is 7.10. The number of nitriles is 1. The Morgan fingerprint density at radius 2 is 2.35 bits per heavy atom. The number of anilines is 2. The minimum absolute atomic E-state index is 0.0613. The topological polar surface area (TPSA) is 103 Å². The fourth-order valence-electron chi connectivity index (χ4n) is 1.48. The summed E-state index contributed by atoms with van der Waals surface area (Å²) in [6.07, 6.45) is 1.45. The summed E-state index contributed by atoms with van der Waals surface area (Å²) in [5, 5.41) is 18.6. The van der Waals surface area contributed by atoms with Gasteiger partial charge in [0.05, 0.1) is 29.0 Å². The highest BCUT2D eigenvalue weighted by atomic mass is 15.2. The molecule has 0 aliphatic rings. The Bertz CT molecular complexity index is 540. The number of rotatable bonds is 3. The van der Waals surface area contributed by atoms with Crippen LogP contribution in [0.5, 0.6) is 0 Å². The molecule has 0 saturated carbocycles. The van der Waals surface area contributed by atoms with Crippen LogP contribution in [0.3, 0.4) is 0 Å². The van der Waals surface area contributed by atoms with Crippen LogP contribution >= 0.6 is 0 Å². The molecule has 1 aromatic heterocycles. The highest BCUT2D eigenvalue weighted by Crippen LogP contribution is 2.23. The van der Waals surface area contributed by atoms with Crippen molar-refractivity contribution in [3.8, 4) is 6.07 Å². The van der Waals surface area contributed by atoms with Gasteiger partial charge in [0.15, 0.2) is 0 Å². The third kappa shape index (κ3) is 2.34. The Balaban J connectivity index is 2.21. The average molecular weight is 228 g/mol. The fraction of sp³-hybridized carbons (Fsp3) is 0.182. The molecule has 1 unspecified atom stereocenters. The molecule has 0 aliphatic carbocycles. The molecule has 0 saturated heterocycles. The van der Waals surface area contributed by atoms with Crippen LogP contribution < -0.4 is 11.1 Å². The lowest BCUT2D eigenvalue weighted by atomic mass is 10.1. The van der Waals surface area contributed by atoms with Gasteiger partial charge >= 0.3 is 0 Å². The lowest BCUT2D eigenvalue weighted by Crippen LogP contribution is -2.10. The van der Waals surface area contributed by atoms with E-state index in [1.807, 2.05) is 6.92 Å². The van der Waals surface area contributed by atoms with Gasteiger partial charge in [-0.1, -0.05) is 0 Å². The van der Waals surface area contributed by atoms with Crippen molar-refractivity contribution in [1.29, 1.82) is 5.26 Å². The Morgan fingerprint density at radius 1 is 1.53 bits per heavy atom. The molecule has 1 aromatic carbocycles. The molecule has 4 N–H and O–H groups in total. The van der Waals surface area contributed by atoms with E-state index in [9.17, 15) is 0 Å². The normalized spacial score (nSPS) is 11.8. The van der Waals surface area contributed by atoms with E-state index in [0.717, 1.165) is 0 Å². The van der Waals surface area contributed by atoms with Gasteiger partial charge in [-0.15, -0.1) is 0 Å². The number of H-pyrrole nitrogens is 1. The molecule has 0 aliphatic heterocycles. The number of nitrogen functional groups attached to an aromatic ring is 1. The van der Waals surface area contributed by atoms with E-state index < -0.39 is 0 Å². The number of hydrogen-bond acceptors (Lipinski definition) is 5. The second-order valence-electron chi connectivity index (χ2n) is 3.65. The first-order valence-corrected chi connectivity index (χ1v) is 5.12. The molecule has 0 spiro atoms. The summed E-state index contributed by atoms with van der Waals surface area (Å²) in [7, 11) is 0. The monoisotopic (exact) mass is 228 g/mol. The van der Waals surface area contributed by atoms with Gasteiger partial charge in [-0.2, -0.15) is 10.4 Å². The first kappa shape index (κ1) is 11.0. The largest absolute Gasteiger partial charge is 0.397 e. The Kier molecular flexibility index (Phi) is 2.92. The fourth-order valence-corrected chi connectivity index (χ4v) is 1.48. The van der Waals surface area contributed by atoms with Crippen LogP contribution in [0.1, 0.15) is 24.4 Å². The van der Waals surface area contributed by atoms with Crippen molar-refractivity contribution < 1.29 is 0 Å². The van der Waals surface area contributed by atoms with Gasteiger partial charge in [0.2, 0.25) is 0 Å². The van der Waals surface area contributed by atoms with E-state index in [1.165, 1.54) is 6.33 Å². The van der Waals surface area contributed by atoms with Crippen LogP contribution in [0.25, 0.3) is 0 Å². The Labute approximate surface area is 98.5 Å². The van der Waals surface area contributed by atoms with Crippen LogP contribution in [0.2, 0.25) is 0 Å². The van der Waals surface area contributed by atoms with Gasteiger partial charge in [-0.05, 0) is 25.1 Å². The molecule has 2 rings (SSSR count). The van der Waals surface area contributed by atoms with Crippen LogP contribution in [0.4, 0.5) is 11.4 Å². The van der Waals surface area contributed by atoms with Crippen LogP contribution in [-0.4, -0.2) is 15.2 Å². The molecule has 6 nitrogen and oxygen atoms in total. The number of nitrogens with two attached hydrogens (primary N) is 1. The Hall–Kier alpha value is -2.55. The maximum Gasteiger partial charge on any atom is 0.146 e. The van der Waals surface area contributed by atoms with E-state index in [2.05, 4.69) is 26.6 Å². The third-order valence-corrected chi connectivity index (χ3v) is 2.40. The number of nitrogens with one attached hydrogen (secondary N) is 2. The molecule has 1 atom stereocenters. The summed E-state index contributed by atoms with van der Waals surface area (Å²) in [4.78, 5) is 4.05. The molecular weight excluding hydrogens is 216 g/mol. The minimum Gasteiger partial charge on any atom is -0.397 e. The van der Waals surface area contributed by atoms with E-state index in [0.29, 0.717) is 22.8 Å². The molecule has 0 radical (unpaired) electrons. The molecule has 0 fully saturated rings. The number of benzene rings is 1. The summed E-state index contributed by atoms with van der Waals surface area (Å²) >= 11 is 0. The summed E-state index contributed by atoms with van der Waals surface area (Å²) in [5.74, 6) is 0.715. The number of hydrogen-bond donors (Lipinski definition) is 3. The van der Waals surface area contributed by atoms with Crippen molar-refractivity contribution in [2.24, 2.45) is 0 Å². The smallest absolute Gasteiger partial charge is 0.146 e.